The van der Waals surface area contributed by atoms with E-state index in [0.717, 1.165) is 44.2 Å². The summed E-state index contributed by atoms with van der Waals surface area (Å²) in [5.41, 5.74) is 2.58. The summed E-state index contributed by atoms with van der Waals surface area (Å²) in [6.07, 6.45) is 9.94. The number of aliphatic hydroxyl groups excluding tert-OH is 1. The van der Waals surface area contributed by atoms with Gasteiger partial charge in [0.2, 0.25) is 0 Å². The second-order valence-electron chi connectivity index (χ2n) is 12.4. The van der Waals surface area contributed by atoms with Crippen LogP contribution in [0, 0.1) is 34.5 Å². The third kappa shape index (κ3) is 4.09. The van der Waals surface area contributed by atoms with Gasteiger partial charge >= 0.3 is 5.97 Å². The third-order valence-corrected chi connectivity index (χ3v) is 10.7. The van der Waals surface area contributed by atoms with Crippen LogP contribution in [-0.4, -0.2) is 63.8 Å². The molecule has 2 N–H and O–H groups in total. The van der Waals surface area contributed by atoms with Crippen molar-refractivity contribution in [3.8, 4) is 0 Å². The van der Waals surface area contributed by atoms with E-state index in [1.54, 1.807) is 6.92 Å². The van der Waals surface area contributed by atoms with Gasteiger partial charge < -0.3 is 20.0 Å². The number of likely N-dealkylation sites (tertiary alicyclic amines) is 1. The number of β-amino-alcohol motifs (C(OH)–C–C–N with tert-alkyl or cyclic N) is 1. The first kappa shape index (κ1) is 25.4. The summed E-state index contributed by atoms with van der Waals surface area (Å²) in [4.78, 5) is 42.8. The van der Waals surface area contributed by atoms with Crippen LogP contribution in [0.25, 0.3) is 0 Å². The van der Waals surface area contributed by atoms with Crippen LogP contribution in [0.2, 0.25) is 0 Å². The van der Waals surface area contributed by atoms with Crippen molar-refractivity contribution in [1.82, 2.24) is 4.90 Å². The zero-order chi connectivity index (χ0) is 25.8. The number of amides is 1. The fourth-order valence-electron chi connectivity index (χ4n) is 8.89. The Morgan fingerprint density at radius 2 is 1.89 bits per heavy atom. The summed E-state index contributed by atoms with van der Waals surface area (Å²) in [7, 11) is 0. The molecule has 198 valence electrons. The predicted octanol–water partition coefficient (Wildman–Crippen LogP) is 3.57. The Morgan fingerprint density at radius 3 is 2.61 bits per heavy atom. The summed E-state index contributed by atoms with van der Waals surface area (Å²) >= 11 is 0. The highest BCUT2D eigenvalue weighted by Gasteiger charge is 2.59. The number of carboxylic acids is 1. The van der Waals surface area contributed by atoms with Crippen molar-refractivity contribution in [2.24, 2.45) is 39.7 Å². The smallest absolute Gasteiger partial charge is 0.326 e. The first-order chi connectivity index (χ1) is 17.0. The molecule has 8 heteroatoms. The molecule has 0 radical (unpaired) electrons. The molecule has 36 heavy (non-hydrogen) atoms. The van der Waals surface area contributed by atoms with Crippen molar-refractivity contribution in [2.45, 2.75) is 90.7 Å². The van der Waals surface area contributed by atoms with Gasteiger partial charge in [0, 0.05) is 18.9 Å². The van der Waals surface area contributed by atoms with Crippen molar-refractivity contribution in [1.29, 1.82) is 0 Å². The van der Waals surface area contributed by atoms with E-state index in [1.807, 2.05) is 0 Å². The summed E-state index contributed by atoms with van der Waals surface area (Å²) in [5.74, 6) is 0.982. The molecule has 1 saturated heterocycles. The second-order valence-corrected chi connectivity index (χ2v) is 12.4. The normalized spacial score (nSPS) is 42.8. The minimum absolute atomic E-state index is 0.00783. The van der Waals surface area contributed by atoms with Crippen LogP contribution >= 0.6 is 0 Å². The molecule has 8 nitrogen and oxygen atoms in total. The fourth-order valence-corrected chi connectivity index (χ4v) is 8.89. The van der Waals surface area contributed by atoms with E-state index in [-0.39, 0.29) is 36.3 Å². The molecule has 4 fully saturated rings. The predicted molar refractivity (Wildman–Crippen MR) is 133 cm³/mol. The maximum absolute atomic E-state index is 12.5. The van der Waals surface area contributed by atoms with Gasteiger partial charge in [-0.25, -0.2) is 4.79 Å². The number of hydrogen-bond acceptors (Lipinski definition) is 6. The van der Waals surface area contributed by atoms with Crippen LogP contribution in [-0.2, 0) is 19.2 Å². The van der Waals surface area contributed by atoms with E-state index in [1.165, 1.54) is 23.3 Å². The van der Waals surface area contributed by atoms with E-state index in [2.05, 4.69) is 25.1 Å². The molecule has 1 aliphatic heterocycles. The Morgan fingerprint density at radius 1 is 1.11 bits per heavy atom. The van der Waals surface area contributed by atoms with Crippen molar-refractivity contribution in [3.63, 3.8) is 0 Å². The number of ketones is 1. The minimum atomic E-state index is -1.12. The van der Waals surface area contributed by atoms with Crippen molar-refractivity contribution >= 4 is 23.4 Å². The molecule has 0 aromatic heterocycles. The van der Waals surface area contributed by atoms with Gasteiger partial charge in [-0.2, -0.15) is 0 Å². The van der Waals surface area contributed by atoms with E-state index in [9.17, 15) is 24.6 Å². The molecule has 0 aromatic carbocycles. The van der Waals surface area contributed by atoms with E-state index in [4.69, 9.17) is 4.84 Å². The van der Waals surface area contributed by atoms with Crippen LogP contribution in [0.15, 0.2) is 16.8 Å². The van der Waals surface area contributed by atoms with Crippen molar-refractivity contribution in [2.75, 3.05) is 13.2 Å². The Labute approximate surface area is 213 Å². The molecule has 5 aliphatic rings. The average molecular weight is 501 g/mol. The summed E-state index contributed by atoms with van der Waals surface area (Å²) < 4.78 is 0. The number of Topliss-reactive ketones (excluding diaryl/α,β-unsaturated/α-hetero) is 1. The Bertz CT molecular complexity index is 1010. The lowest BCUT2D eigenvalue weighted by Crippen LogP contribution is -2.51. The first-order valence-corrected chi connectivity index (χ1v) is 13.6. The van der Waals surface area contributed by atoms with Crippen LogP contribution in [0.3, 0.4) is 0 Å². The standard InChI is InChI=1S/C28H40N2O6/c1-16(31)21-6-7-22-20-5-4-17-12-18(8-10-27(17,2)23(20)9-11-28(21,22)3)29-36-15-25(33)30-14-19(32)13-24(30)26(34)35/h12,19-24,32H,4-11,13-15H2,1-3H3,(H,34,35)/b29-18-/t19-,20+,21-,22+,23+,24-,27+,28-/m1/s1. The highest BCUT2D eigenvalue weighted by molar-refractivity contribution is 5.96. The van der Waals surface area contributed by atoms with Gasteiger partial charge in [-0.15, -0.1) is 0 Å². The summed E-state index contributed by atoms with van der Waals surface area (Å²) in [5, 5.41) is 23.3. The highest BCUT2D eigenvalue weighted by atomic mass is 16.6. The third-order valence-electron chi connectivity index (χ3n) is 10.7. The Balaban J connectivity index is 1.24. The molecule has 3 saturated carbocycles. The summed E-state index contributed by atoms with van der Waals surface area (Å²) in [6, 6.07) is -1.01. The van der Waals surface area contributed by atoms with Gasteiger partial charge in [-0.1, -0.05) is 24.6 Å². The maximum atomic E-state index is 12.5. The quantitative estimate of drug-likeness (QED) is 0.558. The number of hydrogen-bond donors (Lipinski definition) is 2. The number of fused-ring (bicyclic) bond motifs is 5. The van der Waals surface area contributed by atoms with Crippen molar-refractivity contribution in [3.05, 3.63) is 11.6 Å². The second kappa shape index (κ2) is 9.26. The lowest BCUT2D eigenvalue weighted by molar-refractivity contribution is -0.150. The van der Waals surface area contributed by atoms with Gasteiger partial charge in [0.05, 0.1) is 11.8 Å². The molecule has 0 spiro atoms. The lowest BCUT2D eigenvalue weighted by atomic mass is 9.46. The Kier molecular flexibility index (Phi) is 6.54. The lowest BCUT2D eigenvalue weighted by Gasteiger charge is -2.58. The topological polar surface area (TPSA) is 117 Å². The fraction of sp³-hybridized carbons (Fsp3) is 0.786. The maximum Gasteiger partial charge on any atom is 0.326 e. The van der Waals surface area contributed by atoms with Gasteiger partial charge in [-0.05, 0) is 93.0 Å². The summed E-state index contributed by atoms with van der Waals surface area (Å²) in [6.45, 7) is 6.26. The van der Waals surface area contributed by atoms with Crippen molar-refractivity contribution < 1.29 is 29.4 Å². The minimum Gasteiger partial charge on any atom is -0.480 e. The average Bonchev–Trinajstić information content (AvgIpc) is 3.39. The molecule has 1 amide bonds. The van der Waals surface area contributed by atoms with Crippen LogP contribution in [0.1, 0.15) is 78.6 Å². The molecule has 1 heterocycles. The largest absolute Gasteiger partial charge is 0.480 e. The molecule has 5 rings (SSSR count). The number of rotatable bonds is 5. The molecular weight excluding hydrogens is 460 g/mol. The molecular formula is C28H40N2O6. The number of carboxylic acid groups (broad SMARTS) is 1. The van der Waals surface area contributed by atoms with Gasteiger partial charge in [-0.3, -0.25) is 9.59 Å². The number of nitrogens with zero attached hydrogens (tertiary/aromatic N) is 2. The molecule has 8 atom stereocenters. The van der Waals surface area contributed by atoms with Gasteiger partial charge in [0.1, 0.15) is 11.8 Å². The number of aliphatic hydroxyl groups is 1. The monoisotopic (exact) mass is 500 g/mol. The number of oxime groups is 1. The van der Waals surface area contributed by atoms with Crippen LogP contribution in [0.4, 0.5) is 0 Å². The molecule has 0 aromatic rings. The zero-order valence-corrected chi connectivity index (χ0v) is 21.7. The zero-order valence-electron chi connectivity index (χ0n) is 21.7. The SMILES string of the molecule is CC(=O)[C@H]1CC[C@H]2[C@@H]3CCC4=C/C(=N\OCC(=O)N5C[C@H](O)C[C@@H]5C(=O)O)CC[C@]4(C)[C@H]3CC[C@]12C. The number of allylic oxidation sites excluding steroid dienone is 2. The highest BCUT2D eigenvalue weighted by Crippen LogP contribution is 2.66. The van der Waals surface area contributed by atoms with E-state index in [0.29, 0.717) is 23.5 Å². The molecule has 0 bridgehead atoms. The number of carbonyl (C=O) groups excluding carboxylic acids is 2. The van der Waals surface area contributed by atoms with Crippen LogP contribution < -0.4 is 0 Å². The van der Waals surface area contributed by atoms with Gasteiger partial charge in [0.25, 0.3) is 5.91 Å². The number of aliphatic carboxylic acids is 1. The Hall–Kier alpha value is -2.22. The van der Waals surface area contributed by atoms with Gasteiger partial charge in [0.15, 0.2) is 6.61 Å². The van der Waals surface area contributed by atoms with E-state index < -0.39 is 24.0 Å². The van der Waals surface area contributed by atoms with E-state index >= 15 is 0 Å². The molecule has 4 aliphatic carbocycles. The molecule has 0 unspecified atom stereocenters. The number of carbonyl (C=O) groups is 3. The van der Waals surface area contributed by atoms with Crippen LogP contribution in [0.5, 0.6) is 0 Å². The first-order valence-electron chi connectivity index (χ1n) is 13.6.